The molecule has 0 aromatic heterocycles. The van der Waals surface area contributed by atoms with Crippen molar-refractivity contribution in [1.82, 2.24) is 0 Å². The minimum Gasteiger partial charge on any atom is -0.405 e. The van der Waals surface area contributed by atoms with Gasteiger partial charge in [-0.3, -0.25) is 4.79 Å². The molecular formula is C25H32O4Si. The number of allylic oxidation sites excluding steroid dienone is 1. The van der Waals surface area contributed by atoms with Gasteiger partial charge in [-0.2, -0.15) is 0 Å². The second-order valence-corrected chi connectivity index (χ2v) is 13.4. The lowest BCUT2D eigenvalue weighted by atomic mass is 10.2. The first kappa shape index (κ1) is 22.6. The summed E-state index contributed by atoms with van der Waals surface area (Å²) in [6.45, 7) is 10.9. The topological polar surface area (TPSA) is 44.8 Å². The minimum absolute atomic E-state index is 0.112. The van der Waals surface area contributed by atoms with Crippen LogP contribution in [-0.2, 0) is 18.7 Å². The average Bonchev–Trinajstić information content (AvgIpc) is 3.01. The zero-order valence-electron chi connectivity index (χ0n) is 18.5. The number of benzene rings is 2. The van der Waals surface area contributed by atoms with Crippen LogP contribution in [0.3, 0.4) is 0 Å². The molecule has 0 bridgehead atoms. The number of hydrogen-bond donors (Lipinski definition) is 0. The molecule has 0 spiro atoms. The van der Waals surface area contributed by atoms with E-state index in [-0.39, 0.29) is 17.2 Å². The fraction of sp³-hybridized carbons (Fsp3) is 0.400. The van der Waals surface area contributed by atoms with Gasteiger partial charge < -0.3 is 13.9 Å². The highest BCUT2D eigenvalue weighted by Gasteiger charge is 2.51. The highest BCUT2D eigenvalue weighted by Crippen LogP contribution is 2.38. The molecule has 0 aliphatic carbocycles. The van der Waals surface area contributed by atoms with E-state index in [1.807, 2.05) is 26.0 Å². The predicted molar refractivity (Wildman–Crippen MR) is 123 cm³/mol. The Morgan fingerprint density at radius 3 is 1.97 bits per heavy atom. The maximum atomic E-state index is 10.8. The average molecular weight is 425 g/mol. The van der Waals surface area contributed by atoms with E-state index in [4.69, 9.17) is 13.9 Å². The van der Waals surface area contributed by atoms with Crippen LogP contribution in [0.15, 0.2) is 72.8 Å². The lowest BCUT2D eigenvalue weighted by Gasteiger charge is -2.43. The molecule has 1 saturated heterocycles. The van der Waals surface area contributed by atoms with Crippen LogP contribution in [0.5, 0.6) is 0 Å². The molecule has 0 amide bonds. The molecule has 0 N–H and O–H groups in total. The molecule has 0 radical (unpaired) electrons. The Labute approximate surface area is 181 Å². The van der Waals surface area contributed by atoms with Gasteiger partial charge in [-0.05, 0) is 41.4 Å². The highest BCUT2D eigenvalue weighted by molar-refractivity contribution is 6.99. The first-order valence-electron chi connectivity index (χ1n) is 10.4. The lowest BCUT2D eigenvalue weighted by Crippen LogP contribution is -2.67. The van der Waals surface area contributed by atoms with E-state index in [1.165, 1.54) is 16.4 Å². The molecule has 1 aliphatic heterocycles. The second-order valence-electron chi connectivity index (χ2n) is 9.13. The van der Waals surface area contributed by atoms with E-state index in [0.29, 0.717) is 6.61 Å². The molecule has 1 fully saturated rings. The van der Waals surface area contributed by atoms with Crippen LogP contribution >= 0.6 is 0 Å². The molecule has 5 heteroatoms. The molecule has 30 heavy (non-hydrogen) atoms. The summed E-state index contributed by atoms with van der Waals surface area (Å²) in [5.74, 6) is -0.725. The molecule has 1 aliphatic rings. The van der Waals surface area contributed by atoms with E-state index in [0.717, 1.165) is 6.29 Å². The Kier molecular flexibility index (Phi) is 6.77. The van der Waals surface area contributed by atoms with Gasteiger partial charge in [0.15, 0.2) is 5.79 Å². The Balaban J connectivity index is 2.01. The number of aldehydes is 1. The summed E-state index contributed by atoms with van der Waals surface area (Å²) in [7, 11) is -2.65. The number of hydrogen-bond acceptors (Lipinski definition) is 4. The van der Waals surface area contributed by atoms with Crippen molar-refractivity contribution in [1.29, 1.82) is 0 Å². The molecule has 0 saturated carbocycles. The first-order chi connectivity index (χ1) is 14.2. The van der Waals surface area contributed by atoms with Crippen LogP contribution in [0.25, 0.3) is 0 Å². The molecule has 160 valence electrons. The normalized spacial score (nSPS) is 21.8. The number of ether oxygens (including phenoxy) is 2. The van der Waals surface area contributed by atoms with Gasteiger partial charge in [0, 0.05) is 0 Å². The number of carbonyl (C=O) groups excluding carboxylic acids is 1. The van der Waals surface area contributed by atoms with Gasteiger partial charge in [0.1, 0.15) is 18.5 Å². The van der Waals surface area contributed by atoms with Gasteiger partial charge in [-0.25, -0.2) is 0 Å². The van der Waals surface area contributed by atoms with Crippen LogP contribution in [0.4, 0.5) is 0 Å². The molecule has 1 heterocycles. The summed E-state index contributed by atoms with van der Waals surface area (Å²) in [6.07, 6.45) is 3.35. The smallest absolute Gasteiger partial charge is 0.261 e. The van der Waals surface area contributed by atoms with E-state index in [9.17, 15) is 4.79 Å². The van der Waals surface area contributed by atoms with Crippen molar-refractivity contribution in [2.45, 2.75) is 57.7 Å². The number of rotatable bonds is 7. The summed E-state index contributed by atoms with van der Waals surface area (Å²) in [5, 5.41) is 2.34. The lowest BCUT2D eigenvalue weighted by molar-refractivity contribution is -0.145. The number of carbonyl (C=O) groups is 1. The first-order valence-corrected chi connectivity index (χ1v) is 12.3. The summed E-state index contributed by atoms with van der Waals surface area (Å²) in [6, 6.07) is 21.0. The van der Waals surface area contributed by atoms with Crippen molar-refractivity contribution in [3.8, 4) is 0 Å². The third-order valence-electron chi connectivity index (χ3n) is 5.48. The molecular weight excluding hydrogens is 392 g/mol. The van der Waals surface area contributed by atoms with E-state index in [1.54, 1.807) is 6.08 Å². The summed E-state index contributed by atoms with van der Waals surface area (Å²) in [4.78, 5) is 10.8. The minimum atomic E-state index is -2.65. The van der Waals surface area contributed by atoms with Gasteiger partial charge in [0.25, 0.3) is 8.32 Å². The van der Waals surface area contributed by atoms with Crippen LogP contribution in [0.2, 0.25) is 5.04 Å². The summed E-state index contributed by atoms with van der Waals surface area (Å²) >= 11 is 0. The Morgan fingerprint density at radius 2 is 1.50 bits per heavy atom. The zero-order valence-corrected chi connectivity index (χ0v) is 19.5. The van der Waals surface area contributed by atoms with Gasteiger partial charge in [-0.15, -0.1) is 0 Å². The van der Waals surface area contributed by atoms with Crippen molar-refractivity contribution in [2.75, 3.05) is 6.61 Å². The monoisotopic (exact) mass is 424 g/mol. The Hall–Kier alpha value is -2.05. The van der Waals surface area contributed by atoms with Crippen LogP contribution < -0.4 is 10.4 Å². The summed E-state index contributed by atoms with van der Waals surface area (Å²) < 4.78 is 19.1. The fourth-order valence-electron chi connectivity index (χ4n) is 4.28. The van der Waals surface area contributed by atoms with Gasteiger partial charge in [0.2, 0.25) is 0 Å². The Bertz CT molecular complexity index is 816. The SMILES string of the molecule is CC1(C)O[C@H](/C=C/C=O)[C@@H](CO[Si](c2ccccc2)(c2ccccc2)C(C)(C)C)O1. The maximum Gasteiger partial charge on any atom is 0.261 e. The van der Waals surface area contributed by atoms with Gasteiger partial charge >= 0.3 is 0 Å². The van der Waals surface area contributed by atoms with Crippen LogP contribution in [-0.4, -0.2) is 39.2 Å². The van der Waals surface area contributed by atoms with Crippen molar-refractivity contribution >= 4 is 25.0 Å². The van der Waals surface area contributed by atoms with Gasteiger partial charge in [0.05, 0.1) is 6.61 Å². The van der Waals surface area contributed by atoms with Crippen LogP contribution in [0, 0.1) is 0 Å². The fourth-order valence-corrected chi connectivity index (χ4v) is 8.85. The molecule has 3 rings (SSSR count). The van der Waals surface area contributed by atoms with E-state index < -0.39 is 14.1 Å². The second kappa shape index (κ2) is 8.98. The highest BCUT2D eigenvalue weighted by atomic mass is 28.4. The third-order valence-corrected chi connectivity index (χ3v) is 10.5. The van der Waals surface area contributed by atoms with Gasteiger partial charge in [-0.1, -0.05) is 81.4 Å². The molecule has 4 nitrogen and oxygen atoms in total. The third kappa shape index (κ3) is 4.65. The van der Waals surface area contributed by atoms with Crippen molar-refractivity contribution in [2.24, 2.45) is 0 Å². The van der Waals surface area contributed by atoms with Crippen LogP contribution in [0.1, 0.15) is 34.6 Å². The Morgan fingerprint density at radius 1 is 0.967 bits per heavy atom. The van der Waals surface area contributed by atoms with Crippen molar-refractivity contribution in [3.63, 3.8) is 0 Å². The molecule has 2 atom stereocenters. The maximum absolute atomic E-state index is 10.8. The van der Waals surface area contributed by atoms with E-state index in [2.05, 4.69) is 69.3 Å². The molecule has 0 unspecified atom stereocenters. The van der Waals surface area contributed by atoms with Crippen molar-refractivity contribution in [3.05, 3.63) is 72.8 Å². The largest absolute Gasteiger partial charge is 0.405 e. The van der Waals surface area contributed by atoms with Crippen molar-refractivity contribution < 1.29 is 18.7 Å². The zero-order chi connectivity index (χ0) is 21.8. The van der Waals surface area contributed by atoms with E-state index >= 15 is 0 Å². The molecule has 2 aromatic rings. The summed E-state index contributed by atoms with van der Waals surface area (Å²) in [5.41, 5.74) is 0. The quantitative estimate of drug-likeness (QED) is 0.385. The standard InChI is InChI=1S/C25H32O4Si/c1-24(2,3)30(20-13-8-6-9-14-20,21-15-10-7-11-16-21)27-19-23-22(17-12-18-26)28-25(4,5)29-23/h6-18,22-23H,19H2,1-5H3/b17-12+/t22-,23-/m1/s1. The molecule has 2 aromatic carbocycles. The predicted octanol–water partition coefficient (Wildman–Crippen LogP) is 3.84.